The molecule has 3 aliphatic rings. The first-order valence-corrected chi connectivity index (χ1v) is 8.12. The standard InChI is InChI=1S/C15H18BrNO4/c16-11-6-15-14(20-9-21-15)5-10(11)7-17-2-4-19-13-1-3-18-8-12(13)17/h5-6,12-13H,1-4,7-9H2. The lowest BCUT2D eigenvalue weighted by atomic mass is 10.0. The number of halogens is 1. The predicted molar refractivity (Wildman–Crippen MR) is 79.6 cm³/mol. The van der Waals surface area contributed by atoms with E-state index >= 15 is 0 Å². The molecule has 0 radical (unpaired) electrons. The molecule has 0 N–H and O–H groups in total. The number of nitrogens with zero attached hydrogens (tertiary/aromatic N) is 1. The van der Waals surface area contributed by atoms with Gasteiger partial charge in [0.05, 0.1) is 25.4 Å². The second kappa shape index (κ2) is 5.76. The number of rotatable bonds is 2. The van der Waals surface area contributed by atoms with Gasteiger partial charge in [-0.2, -0.15) is 0 Å². The molecule has 5 nitrogen and oxygen atoms in total. The van der Waals surface area contributed by atoms with Crippen LogP contribution in [0, 0.1) is 0 Å². The fourth-order valence-electron chi connectivity index (χ4n) is 3.22. The van der Waals surface area contributed by atoms with E-state index in [1.54, 1.807) is 0 Å². The molecule has 2 atom stereocenters. The van der Waals surface area contributed by atoms with E-state index in [9.17, 15) is 0 Å². The fourth-order valence-corrected chi connectivity index (χ4v) is 3.67. The van der Waals surface area contributed by atoms with E-state index in [-0.39, 0.29) is 0 Å². The van der Waals surface area contributed by atoms with Gasteiger partial charge in [-0.3, -0.25) is 4.90 Å². The van der Waals surface area contributed by atoms with Gasteiger partial charge in [-0.15, -0.1) is 0 Å². The number of fused-ring (bicyclic) bond motifs is 2. The summed E-state index contributed by atoms with van der Waals surface area (Å²) in [4.78, 5) is 2.45. The van der Waals surface area contributed by atoms with Crippen LogP contribution in [-0.2, 0) is 16.0 Å². The molecule has 0 aliphatic carbocycles. The lowest BCUT2D eigenvalue weighted by Crippen LogP contribution is -2.55. The Labute approximate surface area is 132 Å². The third-order valence-corrected chi connectivity index (χ3v) is 5.10. The maximum Gasteiger partial charge on any atom is 0.231 e. The van der Waals surface area contributed by atoms with Crippen molar-refractivity contribution >= 4 is 15.9 Å². The van der Waals surface area contributed by atoms with Gasteiger partial charge in [0.2, 0.25) is 6.79 Å². The molecule has 2 saturated heterocycles. The van der Waals surface area contributed by atoms with E-state index in [4.69, 9.17) is 18.9 Å². The topological polar surface area (TPSA) is 40.2 Å². The van der Waals surface area contributed by atoms with E-state index in [0.717, 1.165) is 55.3 Å². The molecule has 1 aromatic rings. The second-order valence-electron chi connectivity index (χ2n) is 5.61. The third kappa shape index (κ3) is 2.65. The van der Waals surface area contributed by atoms with Crippen LogP contribution in [0.3, 0.4) is 0 Å². The number of ether oxygens (including phenoxy) is 4. The molecular weight excluding hydrogens is 338 g/mol. The first kappa shape index (κ1) is 13.8. The summed E-state index contributed by atoms with van der Waals surface area (Å²) in [6.07, 6.45) is 1.30. The van der Waals surface area contributed by atoms with E-state index in [2.05, 4.69) is 26.9 Å². The Hall–Kier alpha value is -0.820. The Morgan fingerprint density at radius 3 is 2.95 bits per heavy atom. The molecule has 21 heavy (non-hydrogen) atoms. The van der Waals surface area contributed by atoms with E-state index in [1.165, 1.54) is 5.56 Å². The molecule has 2 unspecified atom stereocenters. The highest BCUT2D eigenvalue weighted by Crippen LogP contribution is 2.38. The molecule has 2 fully saturated rings. The largest absolute Gasteiger partial charge is 0.454 e. The van der Waals surface area contributed by atoms with E-state index < -0.39 is 0 Å². The van der Waals surface area contributed by atoms with Crippen LogP contribution in [0.25, 0.3) is 0 Å². The van der Waals surface area contributed by atoms with Gasteiger partial charge >= 0.3 is 0 Å². The van der Waals surface area contributed by atoms with Crippen molar-refractivity contribution in [1.29, 1.82) is 0 Å². The smallest absolute Gasteiger partial charge is 0.231 e. The SMILES string of the molecule is Brc1cc2c(cc1CN1CCOC3CCOCC31)OCO2. The number of hydrogen-bond acceptors (Lipinski definition) is 5. The summed E-state index contributed by atoms with van der Waals surface area (Å²) in [5.74, 6) is 1.64. The number of morpholine rings is 1. The quantitative estimate of drug-likeness (QED) is 0.812. The van der Waals surface area contributed by atoms with Crippen molar-refractivity contribution in [2.45, 2.75) is 25.1 Å². The summed E-state index contributed by atoms with van der Waals surface area (Å²) in [6, 6.07) is 4.41. The Morgan fingerprint density at radius 2 is 2.05 bits per heavy atom. The predicted octanol–water partition coefficient (Wildman–Crippen LogP) is 2.17. The molecule has 0 aromatic heterocycles. The highest BCUT2D eigenvalue weighted by atomic mass is 79.9. The first-order valence-electron chi connectivity index (χ1n) is 7.33. The van der Waals surface area contributed by atoms with Gasteiger partial charge in [-0.25, -0.2) is 0 Å². The highest BCUT2D eigenvalue weighted by Gasteiger charge is 2.35. The van der Waals surface area contributed by atoms with Crippen molar-refractivity contribution in [2.75, 3.05) is 33.2 Å². The van der Waals surface area contributed by atoms with Gasteiger partial charge in [0.25, 0.3) is 0 Å². The zero-order valence-electron chi connectivity index (χ0n) is 11.7. The van der Waals surface area contributed by atoms with Gasteiger partial charge in [-0.05, 0) is 24.1 Å². The molecular formula is C15H18BrNO4. The molecule has 4 rings (SSSR count). The summed E-state index contributed by atoms with van der Waals surface area (Å²) in [5, 5.41) is 0. The van der Waals surface area contributed by atoms with Crippen LogP contribution in [0.15, 0.2) is 16.6 Å². The van der Waals surface area contributed by atoms with Crippen LogP contribution in [-0.4, -0.2) is 50.2 Å². The molecule has 0 bridgehead atoms. The lowest BCUT2D eigenvalue weighted by molar-refractivity contribution is -0.133. The molecule has 0 saturated carbocycles. The molecule has 0 amide bonds. The minimum atomic E-state index is 0.306. The monoisotopic (exact) mass is 355 g/mol. The van der Waals surface area contributed by atoms with Crippen molar-refractivity contribution in [3.05, 3.63) is 22.2 Å². The molecule has 6 heteroatoms. The summed E-state index contributed by atoms with van der Waals surface area (Å²) in [6.45, 7) is 4.47. The minimum absolute atomic E-state index is 0.306. The summed E-state index contributed by atoms with van der Waals surface area (Å²) >= 11 is 3.64. The van der Waals surface area contributed by atoms with Crippen molar-refractivity contribution < 1.29 is 18.9 Å². The lowest BCUT2D eigenvalue weighted by Gasteiger charge is -2.43. The Bertz CT molecular complexity index is 537. The fraction of sp³-hybridized carbons (Fsp3) is 0.600. The van der Waals surface area contributed by atoms with Crippen LogP contribution in [0.4, 0.5) is 0 Å². The maximum atomic E-state index is 5.88. The molecule has 1 aromatic carbocycles. The highest BCUT2D eigenvalue weighted by molar-refractivity contribution is 9.10. The van der Waals surface area contributed by atoms with Crippen LogP contribution in [0.1, 0.15) is 12.0 Å². The van der Waals surface area contributed by atoms with Crippen LogP contribution in [0.2, 0.25) is 0 Å². The van der Waals surface area contributed by atoms with Crippen LogP contribution in [0.5, 0.6) is 11.5 Å². The third-order valence-electron chi connectivity index (χ3n) is 4.36. The van der Waals surface area contributed by atoms with Crippen molar-refractivity contribution in [2.24, 2.45) is 0 Å². The van der Waals surface area contributed by atoms with Gasteiger partial charge in [0.15, 0.2) is 11.5 Å². The summed E-state index contributed by atoms with van der Waals surface area (Å²) in [5.41, 5.74) is 1.21. The minimum Gasteiger partial charge on any atom is -0.454 e. The number of benzene rings is 1. The van der Waals surface area contributed by atoms with Crippen LogP contribution < -0.4 is 9.47 Å². The van der Waals surface area contributed by atoms with Crippen molar-refractivity contribution in [1.82, 2.24) is 4.90 Å². The molecule has 114 valence electrons. The van der Waals surface area contributed by atoms with E-state index in [1.807, 2.05) is 6.07 Å². The van der Waals surface area contributed by atoms with E-state index in [0.29, 0.717) is 18.9 Å². The second-order valence-corrected chi connectivity index (χ2v) is 6.46. The number of hydrogen-bond donors (Lipinski definition) is 0. The summed E-state index contributed by atoms with van der Waals surface area (Å²) < 4.78 is 23.5. The first-order chi connectivity index (χ1) is 10.3. The Morgan fingerprint density at radius 1 is 1.19 bits per heavy atom. The maximum absolute atomic E-state index is 5.88. The average molecular weight is 356 g/mol. The molecule has 0 spiro atoms. The zero-order chi connectivity index (χ0) is 14.2. The summed E-state index contributed by atoms with van der Waals surface area (Å²) in [7, 11) is 0. The normalized spacial score (nSPS) is 28.4. The van der Waals surface area contributed by atoms with Gasteiger partial charge < -0.3 is 18.9 Å². The van der Waals surface area contributed by atoms with Gasteiger partial charge in [0.1, 0.15) is 0 Å². The molecule has 3 aliphatic heterocycles. The molecule has 3 heterocycles. The van der Waals surface area contributed by atoms with Gasteiger partial charge in [0, 0.05) is 24.2 Å². The van der Waals surface area contributed by atoms with Crippen molar-refractivity contribution in [3.8, 4) is 11.5 Å². The zero-order valence-corrected chi connectivity index (χ0v) is 13.3. The Kier molecular flexibility index (Phi) is 3.79. The van der Waals surface area contributed by atoms with Gasteiger partial charge in [-0.1, -0.05) is 15.9 Å². The average Bonchev–Trinajstić information content (AvgIpc) is 2.95. The Balaban J connectivity index is 1.55. The van der Waals surface area contributed by atoms with Crippen LogP contribution >= 0.6 is 15.9 Å². The van der Waals surface area contributed by atoms with Crippen molar-refractivity contribution in [3.63, 3.8) is 0 Å².